The first kappa shape index (κ1) is 14.0. The minimum Gasteiger partial charge on any atom is -0.490 e. The topological polar surface area (TPSA) is 24.5 Å². The third-order valence-electron chi connectivity index (χ3n) is 3.80. The SMILES string of the molecule is CN(CCc1ccc2c(c1)NCCO2)Cc1ccccc1. The lowest BCUT2D eigenvalue weighted by molar-refractivity contribution is 0.322. The predicted molar refractivity (Wildman–Crippen MR) is 86.9 cm³/mol. The highest BCUT2D eigenvalue weighted by Crippen LogP contribution is 2.28. The van der Waals surface area contributed by atoms with Gasteiger partial charge in [0.2, 0.25) is 0 Å². The molecule has 1 N–H and O–H groups in total. The molecular weight excluding hydrogens is 260 g/mol. The maximum atomic E-state index is 5.61. The smallest absolute Gasteiger partial charge is 0.142 e. The van der Waals surface area contributed by atoms with Crippen LogP contribution in [0.1, 0.15) is 11.1 Å². The summed E-state index contributed by atoms with van der Waals surface area (Å²) in [4.78, 5) is 2.36. The van der Waals surface area contributed by atoms with Crippen LogP contribution in [-0.4, -0.2) is 31.6 Å². The first-order valence-corrected chi connectivity index (χ1v) is 7.53. The van der Waals surface area contributed by atoms with Gasteiger partial charge in [0.15, 0.2) is 0 Å². The van der Waals surface area contributed by atoms with Crippen molar-refractivity contribution in [3.63, 3.8) is 0 Å². The average Bonchev–Trinajstić information content (AvgIpc) is 2.54. The third-order valence-corrected chi connectivity index (χ3v) is 3.80. The van der Waals surface area contributed by atoms with Crippen LogP contribution in [0.5, 0.6) is 5.75 Å². The van der Waals surface area contributed by atoms with Gasteiger partial charge in [-0.15, -0.1) is 0 Å². The lowest BCUT2D eigenvalue weighted by Gasteiger charge is -2.21. The largest absolute Gasteiger partial charge is 0.490 e. The van der Waals surface area contributed by atoms with Gasteiger partial charge in [0.1, 0.15) is 12.4 Å². The zero-order valence-electron chi connectivity index (χ0n) is 12.5. The Balaban J connectivity index is 1.55. The molecule has 3 nitrogen and oxygen atoms in total. The molecule has 21 heavy (non-hydrogen) atoms. The minimum absolute atomic E-state index is 0.756. The molecule has 0 saturated heterocycles. The van der Waals surface area contributed by atoms with Gasteiger partial charge in [-0.05, 0) is 36.7 Å². The van der Waals surface area contributed by atoms with Crippen molar-refractivity contribution in [3.05, 3.63) is 59.7 Å². The van der Waals surface area contributed by atoms with Crippen LogP contribution in [0.25, 0.3) is 0 Å². The summed E-state index contributed by atoms with van der Waals surface area (Å²) in [6.07, 6.45) is 1.05. The summed E-state index contributed by atoms with van der Waals surface area (Å²) in [7, 11) is 2.17. The highest BCUT2D eigenvalue weighted by molar-refractivity contribution is 5.59. The van der Waals surface area contributed by atoms with Crippen LogP contribution in [0.15, 0.2) is 48.5 Å². The van der Waals surface area contributed by atoms with Crippen LogP contribution >= 0.6 is 0 Å². The molecule has 0 atom stereocenters. The van der Waals surface area contributed by atoms with Gasteiger partial charge in [0.25, 0.3) is 0 Å². The molecule has 3 rings (SSSR count). The molecule has 0 aromatic heterocycles. The molecular formula is C18H22N2O. The van der Waals surface area contributed by atoms with Gasteiger partial charge in [-0.3, -0.25) is 0 Å². The van der Waals surface area contributed by atoms with E-state index >= 15 is 0 Å². The van der Waals surface area contributed by atoms with E-state index in [9.17, 15) is 0 Å². The molecule has 1 aliphatic heterocycles. The van der Waals surface area contributed by atoms with Gasteiger partial charge in [0, 0.05) is 19.6 Å². The number of anilines is 1. The summed E-state index contributed by atoms with van der Waals surface area (Å²) in [5.74, 6) is 0.975. The molecule has 1 heterocycles. The van der Waals surface area contributed by atoms with E-state index in [-0.39, 0.29) is 0 Å². The fourth-order valence-corrected chi connectivity index (χ4v) is 2.64. The zero-order valence-corrected chi connectivity index (χ0v) is 12.5. The maximum absolute atomic E-state index is 5.61. The van der Waals surface area contributed by atoms with Crippen molar-refractivity contribution >= 4 is 5.69 Å². The summed E-state index contributed by atoms with van der Waals surface area (Å²) in [5.41, 5.74) is 3.84. The first-order chi connectivity index (χ1) is 10.3. The van der Waals surface area contributed by atoms with E-state index in [4.69, 9.17) is 4.74 Å². The Kier molecular flexibility index (Phi) is 4.41. The van der Waals surface area contributed by atoms with E-state index in [0.29, 0.717) is 0 Å². The van der Waals surface area contributed by atoms with Crippen molar-refractivity contribution in [2.75, 3.05) is 32.1 Å². The molecule has 1 aliphatic rings. The number of nitrogens with one attached hydrogen (secondary N) is 1. The summed E-state index contributed by atoms with van der Waals surface area (Å²) >= 11 is 0. The van der Waals surface area contributed by atoms with Gasteiger partial charge in [-0.1, -0.05) is 36.4 Å². The number of likely N-dealkylation sites (N-methyl/N-ethyl adjacent to an activating group) is 1. The second-order valence-electron chi connectivity index (χ2n) is 5.58. The zero-order chi connectivity index (χ0) is 14.5. The van der Waals surface area contributed by atoms with Crippen LogP contribution in [0.4, 0.5) is 5.69 Å². The number of hydrogen-bond acceptors (Lipinski definition) is 3. The molecule has 0 aliphatic carbocycles. The number of ether oxygens (including phenoxy) is 1. The van der Waals surface area contributed by atoms with Crippen LogP contribution in [0, 0.1) is 0 Å². The molecule has 110 valence electrons. The van der Waals surface area contributed by atoms with Crippen LogP contribution in [0.3, 0.4) is 0 Å². The van der Waals surface area contributed by atoms with Gasteiger partial charge in [0.05, 0.1) is 5.69 Å². The highest BCUT2D eigenvalue weighted by atomic mass is 16.5. The molecule has 3 heteroatoms. The van der Waals surface area contributed by atoms with Gasteiger partial charge < -0.3 is 15.0 Å². The Bertz CT molecular complexity index is 583. The van der Waals surface area contributed by atoms with E-state index in [1.807, 2.05) is 0 Å². The third kappa shape index (κ3) is 3.76. The molecule has 0 fully saturated rings. The van der Waals surface area contributed by atoms with Crippen LogP contribution in [0.2, 0.25) is 0 Å². The fourth-order valence-electron chi connectivity index (χ4n) is 2.64. The minimum atomic E-state index is 0.756. The summed E-state index contributed by atoms with van der Waals surface area (Å²) in [6.45, 7) is 3.69. The van der Waals surface area contributed by atoms with Crippen molar-refractivity contribution in [3.8, 4) is 5.75 Å². The lowest BCUT2D eigenvalue weighted by atomic mass is 10.1. The first-order valence-electron chi connectivity index (χ1n) is 7.53. The van der Waals surface area contributed by atoms with Crippen molar-refractivity contribution in [2.24, 2.45) is 0 Å². The van der Waals surface area contributed by atoms with Gasteiger partial charge in [-0.25, -0.2) is 0 Å². The van der Waals surface area contributed by atoms with Crippen LogP contribution in [-0.2, 0) is 13.0 Å². The molecule has 0 bridgehead atoms. The Labute approximate surface area is 126 Å². The van der Waals surface area contributed by atoms with Gasteiger partial charge >= 0.3 is 0 Å². The summed E-state index contributed by atoms with van der Waals surface area (Å²) in [5, 5.41) is 3.39. The Morgan fingerprint density at radius 1 is 1.10 bits per heavy atom. The van der Waals surface area contributed by atoms with E-state index in [1.165, 1.54) is 11.1 Å². The second kappa shape index (κ2) is 6.64. The average molecular weight is 282 g/mol. The molecule has 2 aromatic rings. The van der Waals surface area contributed by atoms with E-state index in [1.54, 1.807) is 0 Å². The predicted octanol–water partition coefficient (Wildman–Crippen LogP) is 3.17. The van der Waals surface area contributed by atoms with Crippen molar-refractivity contribution in [1.29, 1.82) is 0 Å². The number of benzene rings is 2. The molecule has 0 spiro atoms. The Hall–Kier alpha value is -2.00. The standard InChI is InChI=1S/C18H22N2O/c1-20(14-16-5-3-2-4-6-16)11-9-15-7-8-18-17(13-15)19-10-12-21-18/h2-8,13,19H,9-12,14H2,1H3. The molecule has 0 amide bonds. The summed E-state index contributed by atoms with van der Waals surface area (Å²) in [6, 6.07) is 17.1. The monoisotopic (exact) mass is 282 g/mol. The second-order valence-corrected chi connectivity index (χ2v) is 5.58. The Morgan fingerprint density at radius 3 is 2.81 bits per heavy atom. The van der Waals surface area contributed by atoms with Crippen molar-refractivity contribution in [1.82, 2.24) is 4.90 Å². The van der Waals surface area contributed by atoms with E-state index in [0.717, 1.165) is 44.1 Å². The number of rotatable bonds is 5. The Morgan fingerprint density at radius 2 is 1.95 bits per heavy atom. The summed E-state index contributed by atoms with van der Waals surface area (Å²) < 4.78 is 5.61. The van der Waals surface area contributed by atoms with Crippen LogP contribution < -0.4 is 10.1 Å². The lowest BCUT2D eigenvalue weighted by Crippen LogP contribution is -2.21. The molecule has 0 unspecified atom stereocenters. The maximum Gasteiger partial charge on any atom is 0.142 e. The molecule has 0 saturated carbocycles. The number of hydrogen-bond donors (Lipinski definition) is 1. The van der Waals surface area contributed by atoms with E-state index < -0.39 is 0 Å². The normalized spacial score (nSPS) is 13.4. The quantitative estimate of drug-likeness (QED) is 0.911. The van der Waals surface area contributed by atoms with E-state index in [2.05, 4.69) is 65.8 Å². The number of nitrogens with zero attached hydrogens (tertiary/aromatic N) is 1. The van der Waals surface area contributed by atoms with Gasteiger partial charge in [-0.2, -0.15) is 0 Å². The molecule has 2 aromatic carbocycles. The fraction of sp³-hybridized carbons (Fsp3) is 0.333. The molecule has 0 radical (unpaired) electrons. The highest BCUT2D eigenvalue weighted by Gasteiger charge is 2.10. The number of fused-ring (bicyclic) bond motifs is 1. The van der Waals surface area contributed by atoms with Crippen molar-refractivity contribution in [2.45, 2.75) is 13.0 Å². The van der Waals surface area contributed by atoms with Crippen molar-refractivity contribution < 1.29 is 4.74 Å².